The molecule has 1 fully saturated rings. The second kappa shape index (κ2) is 11.0. The maximum atomic E-state index is 12.6. The summed E-state index contributed by atoms with van der Waals surface area (Å²) in [7, 11) is 1.61. The van der Waals surface area contributed by atoms with E-state index in [2.05, 4.69) is 36.6 Å². The van der Waals surface area contributed by atoms with Gasteiger partial charge in [0.15, 0.2) is 5.65 Å². The van der Waals surface area contributed by atoms with Crippen molar-refractivity contribution in [2.24, 2.45) is 9.98 Å². The van der Waals surface area contributed by atoms with E-state index in [1.54, 1.807) is 24.2 Å². The normalized spacial score (nSPS) is 14.7. The molecule has 3 aromatic heterocycles. The summed E-state index contributed by atoms with van der Waals surface area (Å²) in [5, 5.41) is 0.329. The van der Waals surface area contributed by atoms with Crippen LogP contribution in [0, 0.1) is 0 Å². The predicted octanol–water partition coefficient (Wildman–Crippen LogP) is 4.62. The van der Waals surface area contributed by atoms with Crippen molar-refractivity contribution in [1.29, 1.82) is 0 Å². The summed E-state index contributed by atoms with van der Waals surface area (Å²) in [6.07, 6.45) is 3.52. The summed E-state index contributed by atoms with van der Waals surface area (Å²) in [5.74, 6) is 0.0718. The first-order valence-electron chi connectivity index (χ1n) is 10.2. The highest BCUT2D eigenvalue weighted by Gasteiger charge is 2.36. The van der Waals surface area contributed by atoms with E-state index in [1.807, 2.05) is 0 Å². The minimum absolute atomic E-state index is 0.0718. The number of nitrogens with two attached hydrogens (primary N) is 1. The quantitative estimate of drug-likeness (QED) is 0.535. The third-order valence-electron chi connectivity index (χ3n) is 4.85. The van der Waals surface area contributed by atoms with Crippen molar-refractivity contribution in [2.75, 3.05) is 30.8 Å². The van der Waals surface area contributed by atoms with Gasteiger partial charge in [-0.05, 0) is 37.8 Å². The molecule has 1 saturated heterocycles. The number of pyridine rings is 2. The molecule has 0 aromatic carbocycles. The van der Waals surface area contributed by atoms with Crippen LogP contribution in [0.2, 0.25) is 0 Å². The van der Waals surface area contributed by atoms with Crippen LogP contribution in [0.3, 0.4) is 0 Å². The van der Waals surface area contributed by atoms with E-state index in [4.69, 9.17) is 17.3 Å². The molecule has 0 atom stereocenters. The Hall–Kier alpha value is -3.60. The Labute approximate surface area is 199 Å². The van der Waals surface area contributed by atoms with Crippen LogP contribution in [-0.2, 0) is 6.18 Å². The number of nitrogens with zero attached hydrogens (tertiary/aromatic N) is 7. The third-order valence-corrected chi connectivity index (χ3v) is 5.12. The number of aliphatic imine (C=N–C) groups is 2. The van der Waals surface area contributed by atoms with Crippen LogP contribution in [0.15, 0.2) is 51.8 Å². The van der Waals surface area contributed by atoms with Gasteiger partial charge in [-0.2, -0.15) is 13.2 Å². The van der Waals surface area contributed by atoms with Gasteiger partial charge in [0.05, 0.1) is 22.5 Å². The van der Waals surface area contributed by atoms with Crippen LogP contribution in [0.5, 0.6) is 0 Å². The summed E-state index contributed by atoms with van der Waals surface area (Å²) in [6.45, 7) is 4.81. The topological polar surface area (TPSA) is 106 Å². The Bertz CT molecular complexity index is 1220. The minimum atomic E-state index is -4.31. The van der Waals surface area contributed by atoms with Crippen molar-refractivity contribution >= 4 is 52.9 Å². The predicted molar refractivity (Wildman–Crippen MR) is 129 cm³/mol. The second-order valence-corrected chi connectivity index (χ2v) is 7.54. The first-order valence-corrected chi connectivity index (χ1v) is 10.6. The molecule has 4 heterocycles. The number of fused-ring (bicyclic) bond motifs is 1. The van der Waals surface area contributed by atoms with Crippen molar-refractivity contribution < 1.29 is 13.2 Å². The zero-order valence-corrected chi connectivity index (χ0v) is 19.1. The van der Waals surface area contributed by atoms with E-state index in [1.165, 1.54) is 24.7 Å². The van der Waals surface area contributed by atoms with Crippen LogP contribution < -0.4 is 10.6 Å². The molecule has 1 aliphatic rings. The van der Waals surface area contributed by atoms with E-state index in [9.17, 15) is 13.2 Å². The molecule has 0 radical (unpaired) electrons. The molecule has 3 aromatic rings. The van der Waals surface area contributed by atoms with Crippen LogP contribution in [0.25, 0.3) is 16.9 Å². The van der Waals surface area contributed by atoms with Gasteiger partial charge in [0.25, 0.3) is 0 Å². The van der Waals surface area contributed by atoms with Crippen molar-refractivity contribution in [1.82, 2.24) is 19.9 Å². The van der Waals surface area contributed by atoms with E-state index in [-0.39, 0.29) is 5.82 Å². The fraction of sp³-hybridized carbons (Fsp3) is 0.273. The Morgan fingerprint density at radius 3 is 2.56 bits per heavy atom. The number of nitrogen functional groups attached to an aromatic ring is 1. The molecule has 34 heavy (non-hydrogen) atoms. The van der Waals surface area contributed by atoms with Crippen LogP contribution in [0.4, 0.5) is 24.7 Å². The third kappa shape index (κ3) is 5.84. The monoisotopic (exact) mass is 490 g/mol. The van der Waals surface area contributed by atoms with Gasteiger partial charge in [-0.3, -0.25) is 9.98 Å². The average molecular weight is 491 g/mol. The highest BCUT2D eigenvalue weighted by atomic mass is 35.5. The largest absolute Gasteiger partial charge is 0.419 e. The standard InChI is InChI=1S/C12H11ClN6.C10H11F3N2/c1-15-5-7(13)10(16-2)9-6-18-11-8(14)3-4-17-12(11)19-9;11-10(12,13)8-4-3-5-14-9(8)15-6-1-2-7-15/h3-6H,2H2,1H3,(H2,14,17,19);3-5H,1-2,6-7H2/b10-7+,15-5?;. The summed E-state index contributed by atoms with van der Waals surface area (Å²) in [5.41, 5.74) is 7.49. The van der Waals surface area contributed by atoms with Gasteiger partial charge < -0.3 is 10.6 Å². The van der Waals surface area contributed by atoms with E-state index >= 15 is 0 Å². The summed E-state index contributed by atoms with van der Waals surface area (Å²) in [6, 6.07) is 4.07. The number of halogens is 4. The Balaban J connectivity index is 0.000000196. The molecule has 0 unspecified atom stereocenters. The van der Waals surface area contributed by atoms with Crippen LogP contribution >= 0.6 is 11.6 Å². The Morgan fingerprint density at radius 2 is 1.91 bits per heavy atom. The lowest BCUT2D eigenvalue weighted by Crippen LogP contribution is -2.23. The van der Waals surface area contributed by atoms with Crippen molar-refractivity contribution in [3.05, 3.63) is 53.1 Å². The van der Waals surface area contributed by atoms with Gasteiger partial charge >= 0.3 is 6.18 Å². The molecule has 0 spiro atoms. The fourth-order valence-corrected chi connectivity index (χ4v) is 3.56. The Morgan fingerprint density at radius 1 is 1.18 bits per heavy atom. The molecule has 0 aliphatic carbocycles. The highest BCUT2D eigenvalue weighted by molar-refractivity contribution is 6.42. The summed E-state index contributed by atoms with van der Waals surface area (Å²) < 4.78 is 37.9. The van der Waals surface area contributed by atoms with Gasteiger partial charge in [0, 0.05) is 38.7 Å². The lowest BCUT2D eigenvalue weighted by Gasteiger charge is -2.20. The molecule has 2 N–H and O–H groups in total. The minimum Gasteiger partial charge on any atom is -0.397 e. The maximum absolute atomic E-state index is 12.6. The van der Waals surface area contributed by atoms with Gasteiger partial charge in [-0.1, -0.05) is 11.6 Å². The van der Waals surface area contributed by atoms with Crippen LogP contribution in [0.1, 0.15) is 24.1 Å². The van der Waals surface area contributed by atoms with E-state index in [0.717, 1.165) is 18.9 Å². The highest BCUT2D eigenvalue weighted by Crippen LogP contribution is 2.36. The van der Waals surface area contributed by atoms with Crippen molar-refractivity contribution in [3.63, 3.8) is 0 Å². The summed E-state index contributed by atoms with van der Waals surface area (Å²) >= 11 is 6.05. The second-order valence-electron chi connectivity index (χ2n) is 7.14. The van der Waals surface area contributed by atoms with Gasteiger partial charge in [0.1, 0.15) is 22.7 Å². The molecular weight excluding hydrogens is 469 g/mol. The number of allylic oxidation sites excluding steroid dienone is 1. The Kier molecular flexibility index (Phi) is 8.11. The first-order chi connectivity index (χ1) is 16.3. The first kappa shape index (κ1) is 25.0. The van der Waals surface area contributed by atoms with E-state index < -0.39 is 11.7 Å². The number of anilines is 2. The number of alkyl halides is 3. The van der Waals surface area contributed by atoms with Crippen molar-refractivity contribution in [2.45, 2.75) is 19.0 Å². The molecule has 178 valence electrons. The molecule has 4 rings (SSSR count). The average Bonchev–Trinajstić information content (AvgIpc) is 3.35. The number of hydrogen-bond donors (Lipinski definition) is 1. The molecular formula is C22H22ClF3N8. The van der Waals surface area contributed by atoms with Gasteiger partial charge in [0.2, 0.25) is 0 Å². The molecule has 0 amide bonds. The molecule has 0 bridgehead atoms. The maximum Gasteiger partial charge on any atom is 0.419 e. The number of hydrogen-bond acceptors (Lipinski definition) is 8. The lowest BCUT2D eigenvalue weighted by atomic mass is 10.2. The molecule has 1 aliphatic heterocycles. The number of aromatic nitrogens is 4. The van der Waals surface area contributed by atoms with Gasteiger partial charge in [-0.15, -0.1) is 0 Å². The smallest absolute Gasteiger partial charge is 0.397 e. The zero-order chi connectivity index (χ0) is 24.7. The zero-order valence-electron chi connectivity index (χ0n) is 18.3. The lowest BCUT2D eigenvalue weighted by molar-refractivity contribution is -0.137. The number of rotatable bonds is 4. The van der Waals surface area contributed by atoms with E-state index in [0.29, 0.717) is 46.4 Å². The SMILES string of the molecule is C=N/C(=C(/Cl)C=NC)c1cnc2c(N)ccnc2n1.FC(F)(F)c1cccnc1N1CCCC1. The molecule has 12 heteroatoms. The van der Waals surface area contributed by atoms with Crippen molar-refractivity contribution in [3.8, 4) is 0 Å². The fourth-order valence-electron chi connectivity index (χ4n) is 3.31. The summed E-state index contributed by atoms with van der Waals surface area (Å²) in [4.78, 5) is 25.8. The van der Waals surface area contributed by atoms with Crippen LogP contribution in [-0.4, -0.2) is 53.0 Å². The molecule has 8 nitrogen and oxygen atoms in total. The molecule has 0 saturated carbocycles. The van der Waals surface area contributed by atoms with Gasteiger partial charge in [-0.25, -0.2) is 19.9 Å².